The van der Waals surface area contributed by atoms with Crippen LogP contribution in [0, 0.1) is 20.8 Å². The molecule has 2 rings (SSSR count). The minimum Gasteiger partial charge on any atom is -0.496 e. The van der Waals surface area contributed by atoms with Gasteiger partial charge in [0.25, 0.3) is 0 Å². The van der Waals surface area contributed by atoms with Gasteiger partial charge in [0, 0.05) is 23.9 Å². The fourth-order valence-electron chi connectivity index (χ4n) is 2.73. The zero-order chi connectivity index (χ0) is 14.9. The van der Waals surface area contributed by atoms with Crippen molar-refractivity contribution in [1.82, 2.24) is 15.1 Å². The van der Waals surface area contributed by atoms with E-state index in [1.54, 1.807) is 7.11 Å². The minimum absolute atomic E-state index is 0.0826. The van der Waals surface area contributed by atoms with Gasteiger partial charge in [-0.05, 0) is 45.0 Å². The van der Waals surface area contributed by atoms with E-state index in [-0.39, 0.29) is 6.04 Å². The van der Waals surface area contributed by atoms with Crippen LogP contribution < -0.4 is 10.1 Å². The second-order valence-corrected chi connectivity index (χ2v) is 5.23. The number of aromatic nitrogens is 2. The number of hydrogen-bond donors (Lipinski definition) is 1. The van der Waals surface area contributed by atoms with E-state index in [0.717, 1.165) is 11.4 Å². The van der Waals surface area contributed by atoms with Gasteiger partial charge in [-0.15, -0.1) is 0 Å². The van der Waals surface area contributed by atoms with Crippen molar-refractivity contribution in [2.24, 2.45) is 7.05 Å². The number of aryl methyl sites for hydroxylation is 3. The molecule has 0 aliphatic carbocycles. The monoisotopic (exact) mass is 273 g/mol. The first kappa shape index (κ1) is 14.6. The van der Waals surface area contributed by atoms with E-state index in [2.05, 4.69) is 43.3 Å². The molecule has 4 heteroatoms. The Kier molecular flexibility index (Phi) is 4.14. The van der Waals surface area contributed by atoms with Crippen LogP contribution in [0.25, 0.3) is 0 Å². The van der Waals surface area contributed by atoms with E-state index in [1.165, 1.54) is 22.3 Å². The van der Waals surface area contributed by atoms with Gasteiger partial charge in [-0.3, -0.25) is 4.68 Å². The number of benzene rings is 1. The maximum atomic E-state index is 5.59. The van der Waals surface area contributed by atoms with Gasteiger partial charge in [0.15, 0.2) is 0 Å². The van der Waals surface area contributed by atoms with Crippen LogP contribution in [0.5, 0.6) is 5.75 Å². The molecule has 1 atom stereocenters. The highest BCUT2D eigenvalue weighted by Crippen LogP contribution is 2.34. The zero-order valence-electron chi connectivity index (χ0n) is 13.1. The van der Waals surface area contributed by atoms with Gasteiger partial charge in [0.1, 0.15) is 5.75 Å². The van der Waals surface area contributed by atoms with Crippen LogP contribution in [0.3, 0.4) is 0 Å². The van der Waals surface area contributed by atoms with E-state index < -0.39 is 0 Å². The molecule has 0 fully saturated rings. The highest BCUT2D eigenvalue weighted by Gasteiger charge is 2.22. The van der Waals surface area contributed by atoms with Crippen molar-refractivity contribution < 1.29 is 4.74 Å². The summed E-state index contributed by atoms with van der Waals surface area (Å²) in [5.74, 6) is 0.921. The molecule has 108 valence electrons. The van der Waals surface area contributed by atoms with Crippen LogP contribution in [0.15, 0.2) is 18.3 Å². The van der Waals surface area contributed by atoms with Crippen molar-refractivity contribution >= 4 is 0 Å². The first-order valence-electron chi connectivity index (χ1n) is 6.80. The quantitative estimate of drug-likeness (QED) is 0.931. The van der Waals surface area contributed by atoms with Gasteiger partial charge >= 0.3 is 0 Å². The van der Waals surface area contributed by atoms with Crippen LogP contribution >= 0.6 is 0 Å². The normalized spacial score (nSPS) is 12.5. The van der Waals surface area contributed by atoms with Gasteiger partial charge in [-0.1, -0.05) is 6.07 Å². The van der Waals surface area contributed by atoms with Crippen molar-refractivity contribution in [3.8, 4) is 5.75 Å². The lowest BCUT2D eigenvalue weighted by Crippen LogP contribution is -2.20. The van der Waals surface area contributed by atoms with Crippen LogP contribution in [0.4, 0.5) is 0 Å². The Morgan fingerprint density at radius 3 is 2.45 bits per heavy atom. The molecule has 20 heavy (non-hydrogen) atoms. The predicted octanol–water partition coefficient (Wildman–Crippen LogP) is 2.66. The lowest BCUT2D eigenvalue weighted by molar-refractivity contribution is 0.404. The maximum absolute atomic E-state index is 5.59. The molecule has 1 aromatic carbocycles. The third-order valence-electron chi connectivity index (χ3n) is 3.87. The van der Waals surface area contributed by atoms with E-state index in [0.29, 0.717) is 0 Å². The summed E-state index contributed by atoms with van der Waals surface area (Å²) in [6, 6.07) is 4.35. The third-order valence-corrected chi connectivity index (χ3v) is 3.87. The number of methoxy groups -OCH3 is 1. The molecule has 0 bridgehead atoms. The molecular weight excluding hydrogens is 250 g/mol. The van der Waals surface area contributed by atoms with E-state index in [4.69, 9.17) is 4.74 Å². The Bertz CT molecular complexity index is 616. The minimum atomic E-state index is 0.0826. The average Bonchev–Trinajstić information content (AvgIpc) is 2.73. The SMILES string of the molecule is CNC(c1cnn(C)c1C)c1c(C)cc(C)cc1OC. The smallest absolute Gasteiger partial charge is 0.124 e. The summed E-state index contributed by atoms with van der Waals surface area (Å²) in [6.07, 6.45) is 1.93. The summed E-state index contributed by atoms with van der Waals surface area (Å²) in [5, 5.41) is 7.74. The maximum Gasteiger partial charge on any atom is 0.124 e. The molecule has 1 heterocycles. The Hall–Kier alpha value is -1.81. The Balaban J connectivity index is 2.60. The largest absolute Gasteiger partial charge is 0.496 e. The second kappa shape index (κ2) is 5.67. The molecule has 0 saturated heterocycles. The van der Waals surface area contributed by atoms with Crippen molar-refractivity contribution in [2.45, 2.75) is 26.8 Å². The molecule has 4 nitrogen and oxygen atoms in total. The third kappa shape index (κ3) is 2.43. The molecule has 2 aromatic rings. The topological polar surface area (TPSA) is 39.1 Å². The molecular formula is C16H23N3O. The lowest BCUT2D eigenvalue weighted by Gasteiger charge is -2.22. The van der Waals surface area contributed by atoms with Crippen LogP contribution in [0.1, 0.15) is 34.0 Å². The van der Waals surface area contributed by atoms with Crippen molar-refractivity contribution in [1.29, 1.82) is 0 Å². The van der Waals surface area contributed by atoms with Gasteiger partial charge in [-0.25, -0.2) is 0 Å². The highest BCUT2D eigenvalue weighted by atomic mass is 16.5. The number of hydrogen-bond acceptors (Lipinski definition) is 3. The first-order chi connectivity index (χ1) is 9.49. The van der Waals surface area contributed by atoms with Crippen molar-refractivity contribution in [3.63, 3.8) is 0 Å². The Morgan fingerprint density at radius 2 is 1.95 bits per heavy atom. The summed E-state index contributed by atoms with van der Waals surface area (Å²) in [6.45, 7) is 6.30. The van der Waals surface area contributed by atoms with Gasteiger partial charge < -0.3 is 10.1 Å². The summed E-state index contributed by atoms with van der Waals surface area (Å²) in [7, 11) is 5.65. The summed E-state index contributed by atoms with van der Waals surface area (Å²) < 4.78 is 7.49. The number of nitrogens with one attached hydrogen (secondary N) is 1. The summed E-state index contributed by atoms with van der Waals surface area (Å²) in [4.78, 5) is 0. The zero-order valence-corrected chi connectivity index (χ0v) is 13.1. The molecule has 0 radical (unpaired) electrons. The fraction of sp³-hybridized carbons (Fsp3) is 0.438. The Morgan fingerprint density at radius 1 is 1.25 bits per heavy atom. The van der Waals surface area contributed by atoms with Crippen LogP contribution in [0.2, 0.25) is 0 Å². The standard InChI is InChI=1S/C16H23N3O/c1-10-7-11(2)15(14(8-10)20-6)16(17-4)13-9-18-19(5)12(13)3/h7-9,16-17H,1-6H3. The predicted molar refractivity (Wildman–Crippen MR) is 81.3 cm³/mol. The van der Waals surface area contributed by atoms with Crippen molar-refractivity contribution in [3.05, 3.63) is 46.3 Å². The first-order valence-corrected chi connectivity index (χ1v) is 6.80. The molecule has 1 unspecified atom stereocenters. The average molecular weight is 273 g/mol. The van der Waals surface area contributed by atoms with E-state index >= 15 is 0 Å². The molecule has 0 amide bonds. The molecule has 0 spiro atoms. The molecule has 0 aliphatic heterocycles. The lowest BCUT2D eigenvalue weighted by atomic mass is 9.93. The van der Waals surface area contributed by atoms with Crippen LogP contribution in [-0.2, 0) is 7.05 Å². The van der Waals surface area contributed by atoms with Gasteiger partial charge in [0.05, 0.1) is 19.3 Å². The number of ether oxygens (including phenoxy) is 1. The Labute approximate surface area is 120 Å². The van der Waals surface area contributed by atoms with Gasteiger partial charge in [0.2, 0.25) is 0 Å². The summed E-state index contributed by atoms with van der Waals surface area (Å²) in [5.41, 5.74) is 5.95. The highest BCUT2D eigenvalue weighted by molar-refractivity contribution is 5.49. The van der Waals surface area contributed by atoms with E-state index in [1.807, 2.05) is 25.0 Å². The fourth-order valence-corrected chi connectivity index (χ4v) is 2.73. The second-order valence-electron chi connectivity index (χ2n) is 5.23. The summed E-state index contributed by atoms with van der Waals surface area (Å²) >= 11 is 0. The molecule has 1 aromatic heterocycles. The van der Waals surface area contributed by atoms with E-state index in [9.17, 15) is 0 Å². The molecule has 1 N–H and O–H groups in total. The molecule has 0 saturated carbocycles. The number of rotatable bonds is 4. The van der Waals surface area contributed by atoms with Crippen molar-refractivity contribution in [2.75, 3.05) is 14.2 Å². The number of nitrogens with zero attached hydrogens (tertiary/aromatic N) is 2. The van der Waals surface area contributed by atoms with Crippen LogP contribution in [-0.4, -0.2) is 23.9 Å². The van der Waals surface area contributed by atoms with Gasteiger partial charge in [-0.2, -0.15) is 5.10 Å². The molecule has 0 aliphatic rings.